The number of nitrogens with zero attached hydrogens (tertiary/aromatic N) is 2. The zero-order valence-electron chi connectivity index (χ0n) is 19.7. The number of benzene rings is 2. The van der Waals surface area contributed by atoms with Gasteiger partial charge in [0.05, 0.1) is 22.2 Å². The first-order chi connectivity index (χ1) is 17.2. The third-order valence-electron chi connectivity index (χ3n) is 8.06. The van der Waals surface area contributed by atoms with E-state index in [1.54, 1.807) is 0 Å². The zero-order chi connectivity index (χ0) is 23.4. The van der Waals surface area contributed by atoms with Gasteiger partial charge in [0.2, 0.25) is 0 Å². The Morgan fingerprint density at radius 3 is 2.69 bits per heavy atom. The van der Waals surface area contributed by atoms with Crippen LogP contribution >= 0.6 is 0 Å². The van der Waals surface area contributed by atoms with Crippen molar-refractivity contribution in [3.8, 4) is 11.4 Å². The van der Waals surface area contributed by atoms with Crippen LogP contribution in [0.5, 0.6) is 0 Å². The average Bonchev–Trinajstić information content (AvgIpc) is 3.33. The first-order valence-corrected chi connectivity index (χ1v) is 12.8. The van der Waals surface area contributed by atoms with E-state index in [2.05, 4.69) is 49.8 Å². The van der Waals surface area contributed by atoms with Crippen molar-refractivity contribution in [3.05, 3.63) is 64.5 Å². The van der Waals surface area contributed by atoms with Gasteiger partial charge in [-0.2, -0.15) is 0 Å². The largest absolute Gasteiger partial charge is 0.379 e. The lowest BCUT2D eigenvalue weighted by Crippen LogP contribution is -2.53. The van der Waals surface area contributed by atoms with E-state index in [0.717, 1.165) is 53.7 Å². The quantitative estimate of drug-likeness (QED) is 0.366. The van der Waals surface area contributed by atoms with E-state index in [1.165, 1.54) is 37.1 Å². The van der Waals surface area contributed by atoms with Crippen LogP contribution in [-0.2, 0) is 0 Å². The highest BCUT2D eigenvalue weighted by Gasteiger charge is 2.35. The van der Waals surface area contributed by atoms with E-state index in [0.29, 0.717) is 23.3 Å². The fourth-order valence-electron chi connectivity index (χ4n) is 6.14. The SMILES string of the molecule is O=c1[nH]c2ccc(C3=CCNCC3)cc2c(N[C@@H]2CN3CCC2CC3)c1-c1nc2ccccc2[nH]1. The van der Waals surface area contributed by atoms with Crippen molar-refractivity contribution in [1.82, 2.24) is 25.2 Å². The van der Waals surface area contributed by atoms with Crippen LogP contribution in [0, 0.1) is 5.92 Å². The lowest BCUT2D eigenvalue weighted by Gasteiger charge is -2.45. The van der Waals surface area contributed by atoms with Gasteiger partial charge in [0.1, 0.15) is 11.4 Å². The van der Waals surface area contributed by atoms with Crippen molar-refractivity contribution in [1.29, 1.82) is 0 Å². The minimum absolute atomic E-state index is 0.117. The molecule has 0 aliphatic carbocycles. The molecular formula is C28H30N6O. The summed E-state index contributed by atoms with van der Waals surface area (Å²) in [5, 5.41) is 8.33. The van der Waals surface area contributed by atoms with Gasteiger partial charge in [-0.1, -0.05) is 24.3 Å². The van der Waals surface area contributed by atoms with Crippen LogP contribution in [0.25, 0.3) is 38.9 Å². The van der Waals surface area contributed by atoms with E-state index in [1.807, 2.05) is 24.3 Å². The Hall–Kier alpha value is -3.42. The number of aromatic amines is 2. The van der Waals surface area contributed by atoms with Gasteiger partial charge in [-0.05, 0) is 80.2 Å². The maximum Gasteiger partial charge on any atom is 0.261 e. The van der Waals surface area contributed by atoms with Crippen LogP contribution in [0.15, 0.2) is 53.3 Å². The average molecular weight is 467 g/mol. The monoisotopic (exact) mass is 466 g/mol. The Morgan fingerprint density at radius 2 is 1.91 bits per heavy atom. The van der Waals surface area contributed by atoms with Gasteiger partial charge in [-0.25, -0.2) is 4.98 Å². The molecule has 3 saturated heterocycles. The van der Waals surface area contributed by atoms with Crippen molar-refractivity contribution < 1.29 is 0 Å². The zero-order valence-corrected chi connectivity index (χ0v) is 19.7. The van der Waals surface area contributed by atoms with Crippen molar-refractivity contribution in [2.45, 2.75) is 25.3 Å². The molecular weight excluding hydrogens is 436 g/mol. The molecule has 35 heavy (non-hydrogen) atoms. The van der Waals surface area contributed by atoms with Gasteiger partial charge in [-0.15, -0.1) is 0 Å². The van der Waals surface area contributed by atoms with Crippen molar-refractivity contribution in [2.24, 2.45) is 5.92 Å². The Kier molecular flexibility index (Phi) is 4.99. The number of imidazole rings is 1. The summed E-state index contributed by atoms with van der Waals surface area (Å²) in [5.41, 5.74) is 6.62. The molecule has 1 atom stereocenters. The van der Waals surface area contributed by atoms with Gasteiger partial charge in [0, 0.05) is 24.5 Å². The summed E-state index contributed by atoms with van der Waals surface area (Å²) in [5.74, 6) is 1.25. The molecule has 8 rings (SSSR count). The molecule has 4 aliphatic rings. The topological polar surface area (TPSA) is 88.8 Å². The number of para-hydroxylation sites is 2. The lowest BCUT2D eigenvalue weighted by molar-refractivity contribution is 0.0976. The Morgan fingerprint density at radius 1 is 1.03 bits per heavy atom. The Bertz CT molecular complexity index is 1470. The number of piperidine rings is 3. The van der Waals surface area contributed by atoms with Gasteiger partial charge in [-0.3, -0.25) is 4.79 Å². The minimum atomic E-state index is -0.117. The summed E-state index contributed by atoms with van der Waals surface area (Å²) in [4.78, 5) is 27.4. The highest BCUT2D eigenvalue weighted by atomic mass is 16.1. The summed E-state index contributed by atoms with van der Waals surface area (Å²) < 4.78 is 0. The van der Waals surface area contributed by atoms with Crippen LogP contribution in [0.2, 0.25) is 0 Å². The summed E-state index contributed by atoms with van der Waals surface area (Å²) >= 11 is 0. The molecule has 2 bridgehead atoms. The van der Waals surface area contributed by atoms with Crippen LogP contribution in [0.4, 0.5) is 5.69 Å². The fourth-order valence-corrected chi connectivity index (χ4v) is 6.14. The third-order valence-corrected chi connectivity index (χ3v) is 8.06. The minimum Gasteiger partial charge on any atom is -0.379 e. The third kappa shape index (κ3) is 3.66. The molecule has 178 valence electrons. The predicted molar refractivity (Wildman–Crippen MR) is 142 cm³/mol. The van der Waals surface area contributed by atoms with Gasteiger partial charge >= 0.3 is 0 Å². The number of anilines is 1. The van der Waals surface area contributed by atoms with Crippen LogP contribution in [0.3, 0.4) is 0 Å². The van der Waals surface area contributed by atoms with E-state index < -0.39 is 0 Å². The van der Waals surface area contributed by atoms with Crippen molar-refractivity contribution in [3.63, 3.8) is 0 Å². The highest BCUT2D eigenvalue weighted by Crippen LogP contribution is 2.37. The van der Waals surface area contributed by atoms with Crippen molar-refractivity contribution in [2.75, 3.05) is 38.0 Å². The van der Waals surface area contributed by atoms with E-state index in [9.17, 15) is 4.79 Å². The summed E-state index contributed by atoms with van der Waals surface area (Å²) in [6.07, 6.45) is 5.71. The number of pyridine rings is 1. The molecule has 2 aromatic heterocycles. The van der Waals surface area contributed by atoms with Crippen LogP contribution in [-0.4, -0.2) is 58.6 Å². The number of aromatic nitrogens is 3. The number of H-pyrrole nitrogens is 2. The second-order valence-electron chi connectivity index (χ2n) is 10.1. The van der Waals surface area contributed by atoms with Gasteiger partial charge in [0.15, 0.2) is 0 Å². The maximum absolute atomic E-state index is 13.5. The molecule has 0 amide bonds. The number of rotatable bonds is 4. The first kappa shape index (κ1) is 20.9. The molecule has 0 spiro atoms. The predicted octanol–water partition coefficient (Wildman–Crippen LogP) is 3.95. The number of fused-ring (bicyclic) bond motifs is 5. The molecule has 2 aromatic carbocycles. The molecule has 3 fully saturated rings. The van der Waals surface area contributed by atoms with E-state index in [4.69, 9.17) is 4.98 Å². The van der Waals surface area contributed by atoms with Crippen LogP contribution < -0.4 is 16.2 Å². The molecule has 4 aliphatic heterocycles. The highest BCUT2D eigenvalue weighted by molar-refractivity contribution is 6.00. The molecule has 7 nitrogen and oxygen atoms in total. The standard InChI is InChI=1S/C28H30N6O/c35-28-25(27-31-22-3-1-2-4-23(22)32-27)26(30-24-16-34-13-9-18(24)10-14-34)20-15-19(5-6-21(20)33-28)17-7-11-29-12-8-17/h1-7,15,18,24,29H,8-14,16H2,(H,31,32)(H2,30,33,35)/t24-/m1/s1. The van der Waals surface area contributed by atoms with E-state index >= 15 is 0 Å². The van der Waals surface area contributed by atoms with E-state index in [-0.39, 0.29) is 5.56 Å². The van der Waals surface area contributed by atoms with Gasteiger partial charge < -0.3 is 25.5 Å². The molecule has 4 N–H and O–H groups in total. The lowest BCUT2D eigenvalue weighted by atomic mass is 9.83. The molecule has 4 aromatic rings. The molecule has 6 heterocycles. The summed E-state index contributed by atoms with van der Waals surface area (Å²) in [6.45, 7) is 5.27. The Balaban J connectivity index is 1.43. The molecule has 7 heteroatoms. The van der Waals surface area contributed by atoms with Crippen LogP contribution in [0.1, 0.15) is 24.8 Å². The normalized spacial score (nSPS) is 24.1. The molecule has 0 saturated carbocycles. The number of hydrogen-bond acceptors (Lipinski definition) is 5. The molecule has 0 unspecified atom stereocenters. The second-order valence-corrected chi connectivity index (χ2v) is 10.1. The smallest absolute Gasteiger partial charge is 0.261 e. The van der Waals surface area contributed by atoms with Crippen molar-refractivity contribution >= 4 is 33.2 Å². The Labute approximate surface area is 203 Å². The first-order valence-electron chi connectivity index (χ1n) is 12.8. The maximum atomic E-state index is 13.5. The summed E-state index contributed by atoms with van der Waals surface area (Å²) in [7, 11) is 0. The molecule has 0 radical (unpaired) electrons. The van der Waals surface area contributed by atoms with Gasteiger partial charge in [0.25, 0.3) is 5.56 Å². The number of nitrogens with one attached hydrogen (secondary N) is 4. The fraction of sp³-hybridized carbons (Fsp3) is 0.357. The summed E-state index contributed by atoms with van der Waals surface area (Å²) in [6, 6.07) is 14.7. The number of hydrogen-bond donors (Lipinski definition) is 4. The second kappa shape index (κ2) is 8.36.